The van der Waals surface area contributed by atoms with E-state index in [1.54, 1.807) is 24.3 Å². The van der Waals surface area contributed by atoms with E-state index < -0.39 is 5.82 Å². The average molecular weight is 631 g/mol. The molecule has 43 heavy (non-hydrogen) atoms. The number of ether oxygens (including phenoxy) is 3. The quantitative estimate of drug-likeness (QED) is 0.146. The Hall–Kier alpha value is -3.40. The van der Waals surface area contributed by atoms with E-state index in [0.717, 1.165) is 11.1 Å². The highest BCUT2D eigenvalue weighted by molar-refractivity contribution is 6.42. The number of methoxy groups -OCH3 is 1. The van der Waals surface area contributed by atoms with Gasteiger partial charge in [0.25, 0.3) is 0 Å². The second-order valence-corrected chi connectivity index (χ2v) is 11.5. The molecule has 6 nitrogen and oxygen atoms in total. The van der Waals surface area contributed by atoms with Crippen LogP contribution >= 0.6 is 23.2 Å². The van der Waals surface area contributed by atoms with Crippen LogP contribution in [0.15, 0.2) is 72.8 Å². The Labute approximate surface area is 261 Å². The predicted molar refractivity (Wildman–Crippen MR) is 168 cm³/mol. The predicted octanol–water partition coefficient (Wildman–Crippen LogP) is 8.62. The van der Waals surface area contributed by atoms with Crippen LogP contribution in [-0.2, 0) is 13.1 Å². The van der Waals surface area contributed by atoms with E-state index in [1.807, 2.05) is 47.4 Å². The zero-order valence-electron chi connectivity index (χ0n) is 25.0. The monoisotopic (exact) mass is 629 g/mol. The van der Waals surface area contributed by atoms with Gasteiger partial charge in [-0.3, -0.25) is 9.80 Å². The minimum atomic E-state index is -0.496. The highest BCUT2D eigenvalue weighted by Gasteiger charge is 2.23. The van der Waals surface area contributed by atoms with E-state index in [0.29, 0.717) is 51.7 Å². The number of nitrogens with zero attached hydrogens (tertiary/aromatic N) is 3. The molecular weight excluding hydrogens is 595 g/mol. The van der Waals surface area contributed by atoms with Crippen molar-refractivity contribution in [3.05, 3.63) is 111 Å². The standard InChI is InChI=1S/C33H35Cl2F2N3O3/c1-38(2)19-22-15-21(7-13-30(22)42-25-9-11-27(34)28(35)17-25)33(39(3)4)40(5)20-23-16-24(36)8-14-31(23)43-26-10-12-29(37)32(18-26)41-6/h7-18,33H,19-20H2,1-6H3. The highest BCUT2D eigenvalue weighted by atomic mass is 35.5. The molecule has 4 aromatic carbocycles. The summed E-state index contributed by atoms with van der Waals surface area (Å²) >= 11 is 12.3. The van der Waals surface area contributed by atoms with E-state index in [4.69, 9.17) is 37.4 Å². The van der Waals surface area contributed by atoms with Gasteiger partial charge in [0, 0.05) is 36.3 Å². The van der Waals surface area contributed by atoms with Crippen LogP contribution in [0.3, 0.4) is 0 Å². The van der Waals surface area contributed by atoms with Crippen molar-refractivity contribution in [1.82, 2.24) is 14.7 Å². The zero-order chi connectivity index (χ0) is 31.3. The van der Waals surface area contributed by atoms with Gasteiger partial charge in [-0.1, -0.05) is 29.3 Å². The Kier molecular flexibility index (Phi) is 10.9. The van der Waals surface area contributed by atoms with Crippen molar-refractivity contribution in [2.24, 2.45) is 0 Å². The molecule has 0 N–H and O–H groups in total. The normalized spacial score (nSPS) is 12.2. The zero-order valence-corrected chi connectivity index (χ0v) is 26.5. The van der Waals surface area contributed by atoms with E-state index in [2.05, 4.69) is 20.8 Å². The van der Waals surface area contributed by atoms with Crippen molar-refractivity contribution in [1.29, 1.82) is 0 Å². The lowest BCUT2D eigenvalue weighted by atomic mass is 10.0. The fourth-order valence-corrected chi connectivity index (χ4v) is 5.18. The number of halogens is 4. The van der Waals surface area contributed by atoms with Crippen molar-refractivity contribution in [3.63, 3.8) is 0 Å². The first kappa shape index (κ1) is 32.5. The van der Waals surface area contributed by atoms with E-state index >= 15 is 0 Å². The fourth-order valence-electron chi connectivity index (χ4n) is 4.89. The van der Waals surface area contributed by atoms with Crippen LogP contribution in [0.1, 0.15) is 22.9 Å². The molecule has 0 heterocycles. The molecule has 0 bridgehead atoms. The summed E-state index contributed by atoms with van der Waals surface area (Å²) in [6.07, 6.45) is -0.179. The van der Waals surface area contributed by atoms with Crippen LogP contribution < -0.4 is 14.2 Å². The molecular formula is C33H35Cl2F2N3O3. The highest BCUT2D eigenvalue weighted by Crippen LogP contribution is 2.36. The molecule has 0 saturated carbocycles. The summed E-state index contributed by atoms with van der Waals surface area (Å²) in [6, 6.07) is 19.8. The van der Waals surface area contributed by atoms with Crippen molar-refractivity contribution in [2.45, 2.75) is 19.3 Å². The van der Waals surface area contributed by atoms with Gasteiger partial charge in [0.2, 0.25) is 0 Å². The van der Waals surface area contributed by atoms with Crippen LogP contribution in [0.2, 0.25) is 10.0 Å². The van der Waals surface area contributed by atoms with Crippen LogP contribution in [0.25, 0.3) is 0 Å². The van der Waals surface area contributed by atoms with Crippen molar-refractivity contribution in [3.8, 4) is 28.7 Å². The molecule has 4 aromatic rings. The summed E-state index contributed by atoms with van der Waals surface area (Å²) in [4.78, 5) is 6.25. The minimum absolute atomic E-state index is 0.0612. The second kappa shape index (κ2) is 14.4. The van der Waals surface area contributed by atoms with Crippen LogP contribution in [-0.4, -0.2) is 57.0 Å². The van der Waals surface area contributed by atoms with Gasteiger partial charge in [-0.05, 0) is 95.4 Å². The molecule has 0 spiro atoms. The maximum Gasteiger partial charge on any atom is 0.165 e. The first-order valence-electron chi connectivity index (χ1n) is 13.5. The van der Waals surface area contributed by atoms with E-state index in [-0.39, 0.29) is 17.7 Å². The molecule has 0 aliphatic carbocycles. The molecule has 1 unspecified atom stereocenters. The van der Waals surface area contributed by atoms with Gasteiger partial charge in [-0.15, -0.1) is 0 Å². The number of rotatable bonds is 12. The van der Waals surface area contributed by atoms with Crippen LogP contribution in [0.4, 0.5) is 8.78 Å². The summed E-state index contributed by atoms with van der Waals surface area (Å²) in [6.45, 7) is 0.996. The summed E-state index contributed by atoms with van der Waals surface area (Å²) in [5.41, 5.74) is 2.63. The van der Waals surface area contributed by atoms with Gasteiger partial charge in [-0.25, -0.2) is 8.78 Å². The number of hydrogen-bond acceptors (Lipinski definition) is 6. The van der Waals surface area contributed by atoms with Gasteiger partial charge in [0.05, 0.1) is 23.3 Å². The topological polar surface area (TPSA) is 37.4 Å². The molecule has 228 valence electrons. The third-order valence-corrected chi connectivity index (χ3v) is 7.43. The van der Waals surface area contributed by atoms with Gasteiger partial charge < -0.3 is 19.1 Å². The van der Waals surface area contributed by atoms with Gasteiger partial charge in [0.15, 0.2) is 11.6 Å². The van der Waals surface area contributed by atoms with Crippen molar-refractivity contribution < 1.29 is 23.0 Å². The Balaban J connectivity index is 1.63. The van der Waals surface area contributed by atoms with Gasteiger partial charge >= 0.3 is 0 Å². The molecule has 0 aliphatic rings. The van der Waals surface area contributed by atoms with Crippen molar-refractivity contribution in [2.75, 3.05) is 42.3 Å². The Bertz CT molecular complexity index is 1570. The smallest absolute Gasteiger partial charge is 0.165 e. The molecule has 0 radical (unpaired) electrons. The molecule has 1 atom stereocenters. The lowest BCUT2D eigenvalue weighted by Crippen LogP contribution is -2.35. The summed E-state index contributed by atoms with van der Waals surface area (Å²) in [5, 5.41) is 0.873. The molecule has 4 rings (SSSR count). The third kappa shape index (κ3) is 8.37. The first-order valence-corrected chi connectivity index (χ1v) is 14.3. The maximum atomic E-state index is 14.4. The van der Waals surface area contributed by atoms with Gasteiger partial charge in [0.1, 0.15) is 28.8 Å². The fraction of sp³-hybridized carbons (Fsp3) is 0.273. The molecule has 0 amide bonds. The molecule has 0 aliphatic heterocycles. The van der Waals surface area contributed by atoms with Gasteiger partial charge in [-0.2, -0.15) is 0 Å². The SMILES string of the molecule is COc1cc(Oc2ccc(F)cc2CN(C)C(c2ccc(Oc3ccc(Cl)c(Cl)c3)c(CN(C)C)c2)N(C)C)ccc1F. The average Bonchev–Trinajstić information content (AvgIpc) is 2.94. The Morgan fingerprint density at radius 2 is 1.30 bits per heavy atom. The molecule has 0 fully saturated rings. The number of hydrogen-bond donors (Lipinski definition) is 0. The van der Waals surface area contributed by atoms with Crippen LogP contribution in [0, 0.1) is 11.6 Å². The summed E-state index contributed by atoms with van der Waals surface area (Å²) in [5.74, 6) is 1.30. The van der Waals surface area contributed by atoms with E-state index in [1.165, 1.54) is 37.4 Å². The van der Waals surface area contributed by atoms with E-state index in [9.17, 15) is 8.78 Å². The minimum Gasteiger partial charge on any atom is -0.494 e. The third-order valence-electron chi connectivity index (χ3n) is 6.69. The maximum absolute atomic E-state index is 14.4. The van der Waals surface area contributed by atoms with Crippen molar-refractivity contribution >= 4 is 23.2 Å². The largest absolute Gasteiger partial charge is 0.494 e. The lowest BCUT2D eigenvalue weighted by molar-refractivity contribution is 0.0971. The molecule has 10 heteroatoms. The van der Waals surface area contributed by atoms with Crippen LogP contribution in [0.5, 0.6) is 28.7 Å². The molecule has 0 aromatic heterocycles. The Morgan fingerprint density at radius 1 is 0.674 bits per heavy atom. The lowest BCUT2D eigenvalue weighted by Gasteiger charge is -2.34. The number of benzene rings is 4. The summed E-state index contributed by atoms with van der Waals surface area (Å²) in [7, 11) is 11.3. The Morgan fingerprint density at radius 3 is 1.93 bits per heavy atom. The second-order valence-electron chi connectivity index (χ2n) is 10.7. The first-order chi connectivity index (χ1) is 20.4. The molecule has 0 saturated heterocycles. The summed E-state index contributed by atoms with van der Waals surface area (Å²) < 4.78 is 45.7.